The minimum absolute atomic E-state index is 0.172. The van der Waals surface area contributed by atoms with E-state index in [0.29, 0.717) is 16.1 Å². The van der Waals surface area contributed by atoms with Gasteiger partial charge in [0.15, 0.2) is 6.10 Å². The average molecular weight is 348 g/mol. The third-order valence-corrected chi connectivity index (χ3v) is 3.49. The van der Waals surface area contributed by atoms with Gasteiger partial charge in [-0.15, -0.1) is 0 Å². The zero-order valence-corrected chi connectivity index (χ0v) is 13.6. The van der Waals surface area contributed by atoms with Crippen LogP contribution in [0.2, 0.25) is 5.02 Å². The van der Waals surface area contributed by atoms with Crippen LogP contribution in [-0.2, 0) is 14.3 Å². The molecule has 0 radical (unpaired) electrons. The first-order valence-electron chi connectivity index (χ1n) is 7.10. The van der Waals surface area contributed by atoms with Crippen LogP contribution in [0.3, 0.4) is 0 Å². The van der Waals surface area contributed by atoms with E-state index in [1.807, 2.05) is 0 Å². The summed E-state index contributed by atoms with van der Waals surface area (Å²) in [4.78, 5) is 23.5. The van der Waals surface area contributed by atoms with Crippen LogP contribution >= 0.6 is 11.6 Å². The molecule has 0 fully saturated rings. The molecule has 4 nitrogen and oxygen atoms in total. The molecule has 0 aliphatic rings. The molecular weight excluding hydrogens is 333 g/mol. The van der Waals surface area contributed by atoms with Crippen molar-refractivity contribution in [3.8, 4) is 0 Å². The lowest BCUT2D eigenvalue weighted by molar-refractivity contribution is -0.147. The summed E-state index contributed by atoms with van der Waals surface area (Å²) in [6.07, 6.45) is 0.492. The van der Waals surface area contributed by atoms with Crippen LogP contribution in [0.5, 0.6) is 0 Å². The second kappa shape index (κ2) is 7.75. The minimum atomic E-state index is -1.08. The van der Waals surface area contributed by atoms with Crippen LogP contribution in [0.25, 0.3) is 11.6 Å². The van der Waals surface area contributed by atoms with Crippen molar-refractivity contribution in [1.29, 1.82) is 0 Å². The number of hydrogen-bond donors (Lipinski definition) is 1. The SMILES string of the molecule is CC(OC(=O)/C(=C/c1ccc(Cl)cc1)c1ccc(F)cc1)C(N)=O. The molecule has 2 aromatic carbocycles. The zero-order valence-electron chi connectivity index (χ0n) is 12.8. The van der Waals surface area contributed by atoms with E-state index in [-0.39, 0.29) is 5.57 Å². The molecule has 1 atom stereocenters. The fraction of sp³-hybridized carbons (Fsp3) is 0.111. The Morgan fingerprint density at radius 1 is 1.12 bits per heavy atom. The van der Waals surface area contributed by atoms with Crippen molar-refractivity contribution in [1.82, 2.24) is 0 Å². The molecule has 0 bridgehead atoms. The first kappa shape index (κ1) is 17.7. The van der Waals surface area contributed by atoms with Crippen LogP contribution in [0.4, 0.5) is 4.39 Å². The highest BCUT2D eigenvalue weighted by atomic mass is 35.5. The summed E-state index contributed by atoms with van der Waals surface area (Å²) in [6, 6.07) is 12.2. The lowest BCUT2D eigenvalue weighted by Gasteiger charge is -2.12. The van der Waals surface area contributed by atoms with Crippen LogP contribution in [0.1, 0.15) is 18.1 Å². The van der Waals surface area contributed by atoms with Crippen molar-refractivity contribution in [2.45, 2.75) is 13.0 Å². The van der Waals surface area contributed by atoms with E-state index in [1.54, 1.807) is 30.3 Å². The fourth-order valence-electron chi connectivity index (χ4n) is 1.90. The van der Waals surface area contributed by atoms with Crippen molar-refractivity contribution in [3.63, 3.8) is 0 Å². The van der Waals surface area contributed by atoms with Crippen molar-refractivity contribution in [2.24, 2.45) is 5.73 Å². The number of primary amides is 1. The van der Waals surface area contributed by atoms with Gasteiger partial charge >= 0.3 is 5.97 Å². The monoisotopic (exact) mass is 347 g/mol. The molecule has 0 heterocycles. The van der Waals surface area contributed by atoms with Crippen LogP contribution in [-0.4, -0.2) is 18.0 Å². The van der Waals surface area contributed by atoms with Gasteiger partial charge in [0, 0.05) is 5.02 Å². The number of benzene rings is 2. The van der Waals surface area contributed by atoms with Gasteiger partial charge in [-0.05, 0) is 48.4 Å². The highest BCUT2D eigenvalue weighted by Crippen LogP contribution is 2.22. The van der Waals surface area contributed by atoms with E-state index in [4.69, 9.17) is 22.1 Å². The third-order valence-electron chi connectivity index (χ3n) is 3.24. The van der Waals surface area contributed by atoms with Gasteiger partial charge in [-0.1, -0.05) is 35.9 Å². The van der Waals surface area contributed by atoms with Crippen molar-refractivity contribution >= 4 is 35.1 Å². The maximum atomic E-state index is 13.1. The summed E-state index contributed by atoms with van der Waals surface area (Å²) in [5.41, 5.74) is 6.43. The van der Waals surface area contributed by atoms with Gasteiger partial charge in [-0.2, -0.15) is 0 Å². The van der Waals surface area contributed by atoms with Gasteiger partial charge in [0.25, 0.3) is 5.91 Å². The second-order valence-electron chi connectivity index (χ2n) is 5.07. The van der Waals surface area contributed by atoms with Gasteiger partial charge in [-0.3, -0.25) is 4.79 Å². The number of halogens is 2. The van der Waals surface area contributed by atoms with E-state index in [0.717, 1.165) is 0 Å². The average Bonchev–Trinajstić information content (AvgIpc) is 2.55. The van der Waals surface area contributed by atoms with Crippen molar-refractivity contribution in [3.05, 3.63) is 70.5 Å². The van der Waals surface area contributed by atoms with Gasteiger partial charge < -0.3 is 10.5 Å². The summed E-state index contributed by atoms with van der Waals surface area (Å²) in [7, 11) is 0. The zero-order chi connectivity index (χ0) is 17.7. The van der Waals surface area contributed by atoms with Crippen molar-refractivity contribution < 1.29 is 18.7 Å². The molecule has 1 unspecified atom stereocenters. The summed E-state index contributed by atoms with van der Waals surface area (Å²) < 4.78 is 18.2. The molecule has 24 heavy (non-hydrogen) atoms. The molecule has 6 heteroatoms. The molecule has 0 aromatic heterocycles. The number of hydrogen-bond acceptors (Lipinski definition) is 3. The smallest absolute Gasteiger partial charge is 0.339 e. The van der Waals surface area contributed by atoms with E-state index in [9.17, 15) is 14.0 Å². The van der Waals surface area contributed by atoms with E-state index >= 15 is 0 Å². The van der Waals surface area contributed by atoms with Crippen LogP contribution < -0.4 is 5.73 Å². The predicted molar refractivity (Wildman–Crippen MR) is 90.5 cm³/mol. The van der Waals surface area contributed by atoms with Gasteiger partial charge in [0.2, 0.25) is 0 Å². The normalized spacial score (nSPS) is 12.5. The number of esters is 1. The lowest BCUT2D eigenvalue weighted by atomic mass is 10.0. The Kier molecular flexibility index (Phi) is 5.71. The Bertz CT molecular complexity index is 770. The molecule has 2 N–H and O–H groups in total. The molecule has 0 spiro atoms. The molecule has 0 saturated heterocycles. The number of carbonyl (C=O) groups is 2. The fourth-order valence-corrected chi connectivity index (χ4v) is 2.02. The number of nitrogens with two attached hydrogens (primary N) is 1. The highest BCUT2D eigenvalue weighted by Gasteiger charge is 2.19. The molecule has 1 amide bonds. The standard InChI is InChI=1S/C18H15ClFNO3/c1-11(17(21)22)24-18(23)16(13-4-8-15(20)9-5-13)10-12-2-6-14(19)7-3-12/h2-11H,1H3,(H2,21,22)/b16-10+. The molecule has 2 rings (SSSR count). The molecule has 2 aromatic rings. The topological polar surface area (TPSA) is 69.4 Å². The van der Waals surface area contributed by atoms with Crippen molar-refractivity contribution in [2.75, 3.05) is 0 Å². The maximum absolute atomic E-state index is 13.1. The Morgan fingerprint density at radius 2 is 1.71 bits per heavy atom. The van der Waals surface area contributed by atoms with Crippen LogP contribution in [0.15, 0.2) is 48.5 Å². The van der Waals surface area contributed by atoms with E-state index in [1.165, 1.54) is 31.2 Å². The quantitative estimate of drug-likeness (QED) is 0.511. The molecule has 0 aliphatic heterocycles. The number of amides is 1. The third kappa shape index (κ3) is 4.67. The number of carbonyl (C=O) groups excluding carboxylic acids is 2. The highest BCUT2D eigenvalue weighted by molar-refractivity contribution is 6.30. The Balaban J connectivity index is 2.40. The molecule has 0 saturated carbocycles. The minimum Gasteiger partial charge on any atom is -0.449 e. The molecular formula is C18H15ClFNO3. The number of ether oxygens (including phenoxy) is 1. The molecule has 124 valence electrons. The summed E-state index contributed by atoms with van der Waals surface area (Å²) in [5.74, 6) is -1.92. The number of rotatable bonds is 5. The predicted octanol–water partition coefficient (Wildman–Crippen LogP) is 3.44. The van der Waals surface area contributed by atoms with Crippen LogP contribution in [0, 0.1) is 5.82 Å². The first-order valence-corrected chi connectivity index (χ1v) is 7.48. The molecule has 0 aliphatic carbocycles. The Hall–Kier alpha value is -2.66. The van der Waals surface area contributed by atoms with E-state index in [2.05, 4.69) is 0 Å². The first-order chi connectivity index (χ1) is 11.4. The second-order valence-corrected chi connectivity index (χ2v) is 5.50. The Morgan fingerprint density at radius 3 is 2.25 bits per heavy atom. The lowest BCUT2D eigenvalue weighted by Crippen LogP contribution is -2.30. The van der Waals surface area contributed by atoms with Gasteiger partial charge in [-0.25, -0.2) is 9.18 Å². The van der Waals surface area contributed by atoms with Gasteiger partial charge in [0.05, 0.1) is 5.57 Å². The van der Waals surface area contributed by atoms with E-state index < -0.39 is 23.8 Å². The summed E-state index contributed by atoms with van der Waals surface area (Å²) in [5, 5.41) is 0.556. The summed E-state index contributed by atoms with van der Waals surface area (Å²) >= 11 is 5.84. The Labute approximate surface area is 143 Å². The maximum Gasteiger partial charge on any atom is 0.339 e. The van der Waals surface area contributed by atoms with Gasteiger partial charge in [0.1, 0.15) is 5.82 Å². The largest absolute Gasteiger partial charge is 0.449 e. The summed E-state index contributed by atoms with van der Waals surface area (Å²) in [6.45, 7) is 1.38.